The molecular formula is C17H29IN4O2. The molecule has 0 bridgehead atoms. The summed E-state index contributed by atoms with van der Waals surface area (Å²) in [4.78, 5) is 8.91. The lowest BCUT2D eigenvalue weighted by Gasteiger charge is -2.11. The van der Waals surface area contributed by atoms with Gasteiger partial charge in [0.05, 0.1) is 13.2 Å². The van der Waals surface area contributed by atoms with Crippen molar-refractivity contribution >= 4 is 29.9 Å². The van der Waals surface area contributed by atoms with Crippen LogP contribution >= 0.6 is 24.0 Å². The quantitative estimate of drug-likeness (QED) is 0.249. The average molecular weight is 448 g/mol. The number of rotatable bonds is 10. The van der Waals surface area contributed by atoms with E-state index in [0.29, 0.717) is 12.4 Å². The molecule has 0 radical (unpaired) electrons. The van der Waals surface area contributed by atoms with Crippen molar-refractivity contribution in [3.63, 3.8) is 0 Å². The Kier molecular flexibility index (Phi) is 10.7. The lowest BCUT2D eigenvalue weighted by Crippen LogP contribution is -2.38. The molecule has 136 valence electrons. The fraction of sp³-hybridized carbons (Fsp3) is 0.647. The molecule has 6 nitrogen and oxygen atoms in total. The van der Waals surface area contributed by atoms with Crippen LogP contribution in [0.2, 0.25) is 0 Å². The number of pyridine rings is 1. The van der Waals surface area contributed by atoms with Gasteiger partial charge in [0.25, 0.3) is 0 Å². The number of nitrogens with one attached hydrogen (secondary N) is 2. The van der Waals surface area contributed by atoms with Crippen molar-refractivity contribution in [2.75, 3.05) is 33.4 Å². The molecule has 1 aromatic heterocycles. The zero-order valence-electron chi connectivity index (χ0n) is 14.6. The van der Waals surface area contributed by atoms with E-state index in [4.69, 9.17) is 9.47 Å². The standard InChI is InChI=1S/C17H28N4O2.HI/c1-3-18-17(19-9-4-10-22-2)21-12-15-7-8-16(20-11-15)23-13-14-5-6-14;/h7-8,11,14H,3-6,9-10,12-13H2,1-2H3,(H2,18,19,21);1H. The molecule has 1 aliphatic rings. The summed E-state index contributed by atoms with van der Waals surface area (Å²) in [5, 5.41) is 6.52. The highest BCUT2D eigenvalue weighted by atomic mass is 127. The second-order valence-corrected chi connectivity index (χ2v) is 5.73. The van der Waals surface area contributed by atoms with E-state index in [1.54, 1.807) is 7.11 Å². The molecule has 7 heteroatoms. The second-order valence-electron chi connectivity index (χ2n) is 5.73. The number of halogens is 1. The van der Waals surface area contributed by atoms with Gasteiger partial charge in [-0.25, -0.2) is 9.98 Å². The molecule has 0 atom stereocenters. The van der Waals surface area contributed by atoms with Gasteiger partial charge in [-0.2, -0.15) is 0 Å². The highest BCUT2D eigenvalue weighted by molar-refractivity contribution is 14.0. The van der Waals surface area contributed by atoms with E-state index in [1.807, 2.05) is 18.3 Å². The van der Waals surface area contributed by atoms with E-state index in [2.05, 4.69) is 27.5 Å². The minimum absolute atomic E-state index is 0. The summed E-state index contributed by atoms with van der Waals surface area (Å²) in [6, 6.07) is 3.94. The number of aliphatic imine (C=N–C) groups is 1. The topological polar surface area (TPSA) is 67.8 Å². The van der Waals surface area contributed by atoms with Crippen molar-refractivity contribution in [2.24, 2.45) is 10.9 Å². The van der Waals surface area contributed by atoms with Gasteiger partial charge < -0.3 is 20.1 Å². The lowest BCUT2D eigenvalue weighted by atomic mass is 10.3. The van der Waals surface area contributed by atoms with Crippen LogP contribution in [0.25, 0.3) is 0 Å². The molecule has 0 amide bonds. The number of guanidine groups is 1. The van der Waals surface area contributed by atoms with E-state index in [1.165, 1.54) is 12.8 Å². The molecule has 24 heavy (non-hydrogen) atoms. The van der Waals surface area contributed by atoms with Crippen LogP contribution in [0.4, 0.5) is 0 Å². The van der Waals surface area contributed by atoms with Gasteiger partial charge in [-0.15, -0.1) is 24.0 Å². The number of aromatic nitrogens is 1. The number of methoxy groups -OCH3 is 1. The van der Waals surface area contributed by atoms with Crippen molar-refractivity contribution in [3.8, 4) is 5.88 Å². The Balaban J connectivity index is 0.00000288. The van der Waals surface area contributed by atoms with Crippen LogP contribution in [-0.2, 0) is 11.3 Å². The van der Waals surface area contributed by atoms with Crippen molar-refractivity contribution in [1.82, 2.24) is 15.6 Å². The predicted molar refractivity (Wildman–Crippen MR) is 107 cm³/mol. The van der Waals surface area contributed by atoms with Gasteiger partial charge in [-0.05, 0) is 37.7 Å². The van der Waals surface area contributed by atoms with Gasteiger partial charge in [-0.1, -0.05) is 6.07 Å². The zero-order valence-corrected chi connectivity index (χ0v) is 16.9. The zero-order chi connectivity index (χ0) is 16.3. The summed E-state index contributed by atoms with van der Waals surface area (Å²) < 4.78 is 10.7. The van der Waals surface area contributed by atoms with E-state index < -0.39 is 0 Å². The summed E-state index contributed by atoms with van der Waals surface area (Å²) >= 11 is 0. The van der Waals surface area contributed by atoms with E-state index in [0.717, 1.165) is 50.2 Å². The van der Waals surface area contributed by atoms with Gasteiger partial charge in [0.1, 0.15) is 0 Å². The van der Waals surface area contributed by atoms with E-state index in [9.17, 15) is 0 Å². The molecule has 0 spiro atoms. The fourth-order valence-electron chi connectivity index (χ4n) is 2.01. The molecule has 2 rings (SSSR count). The Labute approximate surface area is 161 Å². The summed E-state index contributed by atoms with van der Waals surface area (Å²) in [5.41, 5.74) is 1.07. The molecule has 0 aromatic carbocycles. The highest BCUT2D eigenvalue weighted by Gasteiger charge is 2.21. The van der Waals surface area contributed by atoms with Crippen LogP contribution < -0.4 is 15.4 Å². The second kappa shape index (κ2) is 12.3. The summed E-state index contributed by atoms with van der Waals surface area (Å²) in [5.74, 6) is 2.26. The van der Waals surface area contributed by atoms with Crippen molar-refractivity contribution < 1.29 is 9.47 Å². The van der Waals surface area contributed by atoms with E-state index >= 15 is 0 Å². The first-order valence-electron chi connectivity index (χ1n) is 8.40. The Morgan fingerprint density at radius 3 is 2.79 bits per heavy atom. The lowest BCUT2D eigenvalue weighted by molar-refractivity contribution is 0.195. The normalized spacial score (nSPS) is 14.0. The molecule has 0 saturated heterocycles. The molecule has 0 aliphatic heterocycles. The summed E-state index contributed by atoms with van der Waals surface area (Å²) in [7, 11) is 1.71. The first-order chi connectivity index (χ1) is 11.3. The van der Waals surface area contributed by atoms with E-state index in [-0.39, 0.29) is 24.0 Å². The first-order valence-corrected chi connectivity index (χ1v) is 8.40. The summed E-state index contributed by atoms with van der Waals surface area (Å²) in [6.45, 7) is 5.86. The predicted octanol–water partition coefficient (Wildman–Crippen LogP) is 2.58. The third-order valence-electron chi connectivity index (χ3n) is 3.54. The molecule has 1 aliphatic carbocycles. The van der Waals surface area contributed by atoms with Gasteiger partial charge in [-0.3, -0.25) is 0 Å². The molecule has 2 N–H and O–H groups in total. The minimum atomic E-state index is 0. The Hall–Kier alpha value is -1.09. The van der Waals surface area contributed by atoms with Gasteiger partial charge in [0.2, 0.25) is 5.88 Å². The third-order valence-corrected chi connectivity index (χ3v) is 3.54. The Morgan fingerprint density at radius 1 is 1.33 bits per heavy atom. The van der Waals surface area contributed by atoms with Crippen LogP contribution in [-0.4, -0.2) is 44.4 Å². The molecule has 0 unspecified atom stereocenters. The monoisotopic (exact) mass is 448 g/mol. The molecular weight excluding hydrogens is 419 g/mol. The average Bonchev–Trinajstić information content (AvgIpc) is 3.40. The number of ether oxygens (including phenoxy) is 2. The van der Waals surface area contributed by atoms with Crippen molar-refractivity contribution in [1.29, 1.82) is 0 Å². The third kappa shape index (κ3) is 8.68. The van der Waals surface area contributed by atoms with Crippen LogP contribution in [0.3, 0.4) is 0 Å². The summed E-state index contributed by atoms with van der Waals surface area (Å²) in [6.07, 6.45) is 5.37. The maximum Gasteiger partial charge on any atom is 0.213 e. The minimum Gasteiger partial charge on any atom is -0.477 e. The molecule has 1 heterocycles. The smallest absolute Gasteiger partial charge is 0.213 e. The van der Waals surface area contributed by atoms with Crippen LogP contribution in [0.5, 0.6) is 5.88 Å². The highest BCUT2D eigenvalue weighted by Crippen LogP contribution is 2.29. The van der Waals surface area contributed by atoms with Crippen molar-refractivity contribution in [2.45, 2.75) is 32.7 Å². The van der Waals surface area contributed by atoms with Crippen LogP contribution in [0.1, 0.15) is 31.7 Å². The SMILES string of the molecule is CCNC(=NCc1ccc(OCC2CC2)nc1)NCCCOC.I. The molecule has 1 aromatic rings. The molecule has 1 fully saturated rings. The maximum absolute atomic E-state index is 5.64. The number of hydrogen-bond acceptors (Lipinski definition) is 4. The fourth-order valence-corrected chi connectivity index (χ4v) is 2.01. The van der Waals surface area contributed by atoms with Gasteiger partial charge in [0.15, 0.2) is 5.96 Å². The van der Waals surface area contributed by atoms with Crippen LogP contribution in [0.15, 0.2) is 23.3 Å². The maximum atomic E-state index is 5.64. The Bertz CT molecular complexity index is 478. The molecule has 1 saturated carbocycles. The van der Waals surface area contributed by atoms with Gasteiger partial charge >= 0.3 is 0 Å². The first kappa shape index (κ1) is 21.0. The van der Waals surface area contributed by atoms with Gasteiger partial charge in [0, 0.05) is 39.1 Å². The van der Waals surface area contributed by atoms with Crippen LogP contribution in [0, 0.1) is 5.92 Å². The number of hydrogen-bond donors (Lipinski definition) is 2. The van der Waals surface area contributed by atoms with Crippen molar-refractivity contribution in [3.05, 3.63) is 23.9 Å². The largest absolute Gasteiger partial charge is 0.477 e. The Morgan fingerprint density at radius 2 is 2.17 bits per heavy atom. The number of nitrogens with zero attached hydrogens (tertiary/aromatic N) is 2.